The smallest absolute Gasteiger partial charge is 0.338 e. The van der Waals surface area contributed by atoms with Gasteiger partial charge in [0.15, 0.2) is 6.10 Å². The van der Waals surface area contributed by atoms with Crippen molar-refractivity contribution in [2.45, 2.75) is 17.9 Å². The van der Waals surface area contributed by atoms with E-state index in [1.54, 1.807) is 0 Å². The van der Waals surface area contributed by atoms with Gasteiger partial charge in [-0.25, -0.2) is 13.2 Å². The van der Waals surface area contributed by atoms with Gasteiger partial charge >= 0.3 is 5.97 Å². The topological polar surface area (TPSA) is 154 Å². The van der Waals surface area contributed by atoms with Crippen LogP contribution in [0.3, 0.4) is 0 Å². The van der Waals surface area contributed by atoms with Gasteiger partial charge in [-0.1, -0.05) is 29.3 Å². The molecule has 0 fully saturated rings. The van der Waals surface area contributed by atoms with Crippen LogP contribution in [0, 0.1) is 10.1 Å². The van der Waals surface area contributed by atoms with Gasteiger partial charge < -0.3 is 14.8 Å². The van der Waals surface area contributed by atoms with E-state index in [1.807, 2.05) is 0 Å². The molecule has 14 heteroatoms. The number of nitro benzene ring substituents is 1. The van der Waals surface area contributed by atoms with Crippen LogP contribution >= 0.6 is 23.2 Å². The predicted octanol–water partition coefficient (Wildman–Crippen LogP) is 4.90. The fourth-order valence-corrected chi connectivity index (χ4v) is 4.44. The van der Waals surface area contributed by atoms with E-state index in [1.165, 1.54) is 62.6 Å². The predicted molar refractivity (Wildman–Crippen MR) is 137 cm³/mol. The molecule has 0 aliphatic carbocycles. The molecule has 37 heavy (non-hydrogen) atoms. The van der Waals surface area contributed by atoms with Crippen molar-refractivity contribution in [2.75, 3.05) is 17.1 Å². The Balaban J connectivity index is 1.74. The van der Waals surface area contributed by atoms with Gasteiger partial charge in [0.1, 0.15) is 5.75 Å². The summed E-state index contributed by atoms with van der Waals surface area (Å²) in [6.07, 6.45) is -1.35. The molecular weight excluding hydrogens is 549 g/mol. The SMILES string of the molecule is COc1ccc(Cl)cc1NS(=O)(=O)c1cccc(C(=O)O[C@H](C)C(=O)Nc2cc([N+](=O)[O-])ccc2Cl)c1. The maximum Gasteiger partial charge on any atom is 0.338 e. The van der Waals surface area contributed by atoms with E-state index < -0.39 is 32.9 Å². The molecule has 0 unspecified atom stereocenters. The first-order valence-corrected chi connectivity index (χ1v) is 12.6. The lowest BCUT2D eigenvalue weighted by molar-refractivity contribution is -0.384. The molecule has 3 rings (SSSR count). The van der Waals surface area contributed by atoms with Gasteiger partial charge in [0, 0.05) is 17.2 Å². The van der Waals surface area contributed by atoms with Crippen LogP contribution in [0.1, 0.15) is 17.3 Å². The van der Waals surface area contributed by atoms with Crippen molar-refractivity contribution in [2.24, 2.45) is 0 Å². The van der Waals surface area contributed by atoms with Crippen LogP contribution in [0.2, 0.25) is 10.0 Å². The second kappa shape index (κ2) is 11.5. The number of sulfonamides is 1. The lowest BCUT2D eigenvalue weighted by Gasteiger charge is -2.15. The van der Waals surface area contributed by atoms with Crippen LogP contribution in [0.5, 0.6) is 5.75 Å². The van der Waals surface area contributed by atoms with Gasteiger partial charge in [-0.3, -0.25) is 19.6 Å². The molecule has 2 N–H and O–H groups in total. The number of amides is 1. The number of hydrogen-bond donors (Lipinski definition) is 2. The Morgan fingerprint density at radius 1 is 1.03 bits per heavy atom. The van der Waals surface area contributed by atoms with Crippen molar-refractivity contribution >= 4 is 62.2 Å². The fourth-order valence-electron chi connectivity index (χ4n) is 2.99. The highest BCUT2D eigenvalue weighted by molar-refractivity contribution is 7.92. The van der Waals surface area contributed by atoms with E-state index in [-0.39, 0.29) is 43.3 Å². The number of non-ortho nitro benzene ring substituents is 1. The lowest BCUT2D eigenvalue weighted by atomic mass is 10.2. The molecule has 0 heterocycles. The maximum atomic E-state index is 12.9. The molecule has 0 saturated carbocycles. The second-order valence-corrected chi connectivity index (χ2v) is 9.96. The third-order valence-electron chi connectivity index (χ3n) is 4.86. The van der Waals surface area contributed by atoms with E-state index in [4.69, 9.17) is 32.7 Å². The van der Waals surface area contributed by atoms with E-state index in [0.29, 0.717) is 0 Å². The lowest BCUT2D eigenvalue weighted by Crippen LogP contribution is -2.30. The highest BCUT2D eigenvalue weighted by Gasteiger charge is 2.23. The molecule has 194 valence electrons. The number of nitrogens with one attached hydrogen (secondary N) is 2. The molecule has 1 atom stereocenters. The second-order valence-electron chi connectivity index (χ2n) is 7.44. The average molecular weight is 568 g/mol. The van der Waals surface area contributed by atoms with Crippen LogP contribution in [0.15, 0.2) is 65.6 Å². The Morgan fingerprint density at radius 2 is 1.76 bits per heavy atom. The number of anilines is 2. The molecule has 3 aromatic carbocycles. The highest BCUT2D eigenvalue weighted by atomic mass is 35.5. The van der Waals surface area contributed by atoms with Crippen LogP contribution in [-0.4, -0.2) is 38.4 Å². The zero-order valence-electron chi connectivity index (χ0n) is 19.2. The van der Waals surface area contributed by atoms with E-state index in [9.17, 15) is 28.1 Å². The Bertz CT molecular complexity index is 1480. The van der Waals surface area contributed by atoms with Crippen molar-refractivity contribution in [1.82, 2.24) is 0 Å². The Kier molecular flexibility index (Phi) is 8.58. The van der Waals surface area contributed by atoms with Gasteiger partial charge in [-0.15, -0.1) is 0 Å². The fraction of sp³-hybridized carbons (Fsp3) is 0.130. The van der Waals surface area contributed by atoms with Crippen molar-refractivity contribution in [3.8, 4) is 5.75 Å². The van der Waals surface area contributed by atoms with Gasteiger partial charge in [-0.2, -0.15) is 0 Å². The number of ether oxygens (including phenoxy) is 2. The molecular formula is C23H19Cl2N3O8S. The number of benzene rings is 3. The summed E-state index contributed by atoms with van der Waals surface area (Å²) in [5, 5.41) is 13.6. The maximum absolute atomic E-state index is 12.9. The summed E-state index contributed by atoms with van der Waals surface area (Å²) in [7, 11) is -2.80. The quantitative estimate of drug-likeness (QED) is 0.210. The molecule has 0 aliphatic heterocycles. The molecule has 0 aromatic heterocycles. The third-order valence-corrected chi connectivity index (χ3v) is 6.79. The minimum absolute atomic E-state index is 0.0409. The minimum atomic E-state index is -4.17. The summed E-state index contributed by atoms with van der Waals surface area (Å²) in [6, 6.07) is 12.8. The number of carbonyl (C=O) groups is 2. The highest BCUT2D eigenvalue weighted by Crippen LogP contribution is 2.30. The number of nitrogens with zero attached hydrogens (tertiary/aromatic N) is 1. The monoisotopic (exact) mass is 567 g/mol. The summed E-state index contributed by atoms with van der Waals surface area (Å²) in [4.78, 5) is 35.2. The standard InChI is InChI=1S/C23H19Cl2N3O8S/c1-13(22(29)26-19-12-16(28(31)32)7-8-18(19)25)36-23(30)14-4-3-5-17(10-14)37(33,34)27-20-11-15(24)6-9-21(20)35-2/h3-13,27H,1-2H3,(H,26,29)/t13-/m1/s1. The number of esters is 1. The van der Waals surface area contributed by atoms with Crippen LogP contribution in [0.4, 0.5) is 17.1 Å². The van der Waals surface area contributed by atoms with Gasteiger partial charge in [0.2, 0.25) is 0 Å². The summed E-state index contributed by atoms with van der Waals surface area (Å²) < 4.78 is 38.5. The largest absolute Gasteiger partial charge is 0.495 e. The first-order valence-electron chi connectivity index (χ1n) is 10.3. The summed E-state index contributed by atoms with van der Waals surface area (Å²) in [5.74, 6) is -1.56. The van der Waals surface area contributed by atoms with Crippen molar-refractivity contribution in [3.63, 3.8) is 0 Å². The van der Waals surface area contributed by atoms with E-state index in [0.717, 1.165) is 12.1 Å². The number of methoxy groups -OCH3 is 1. The summed E-state index contributed by atoms with van der Waals surface area (Å²) in [6.45, 7) is 1.27. The van der Waals surface area contributed by atoms with E-state index >= 15 is 0 Å². The number of carbonyl (C=O) groups excluding carboxylic acids is 2. The normalized spacial score (nSPS) is 11.8. The average Bonchev–Trinajstić information content (AvgIpc) is 2.85. The minimum Gasteiger partial charge on any atom is -0.495 e. The van der Waals surface area contributed by atoms with Crippen LogP contribution < -0.4 is 14.8 Å². The first kappa shape index (κ1) is 27.7. The molecule has 0 radical (unpaired) electrons. The van der Waals surface area contributed by atoms with Crippen molar-refractivity contribution < 1.29 is 32.4 Å². The van der Waals surface area contributed by atoms with Crippen molar-refractivity contribution in [3.05, 3.63) is 86.4 Å². The van der Waals surface area contributed by atoms with Crippen LogP contribution in [0.25, 0.3) is 0 Å². The van der Waals surface area contributed by atoms with Crippen LogP contribution in [-0.2, 0) is 19.6 Å². The molecule has 0 spiro atoms. The molecule has 0 aliphatic rings. The number of hydrogen-bond acceptors (Lipinski definition) is 8. The Labute approximate surface area is 221 Å². The van der Waals surface area contributed by atoms with E-state index in [2.05, 4.69) is 10.0 Å². The van der Waals surface area contributed by atoms with Crippen molar-refractivity contribution in [1.29, 1.82) is 0 Å². The molecule has 1 amide bonds. The first-order chi connectivity index (χ1) is 17.4. The summed E-state index contributed by atoms with van der Waals surface area (Å²) >= 11 is 11.9. The Morgan fingerprint density at radius 3 is 2.43 bits per heavy atom. The Hall–Kier alpha value is -3.87. The summed E-state index contributed by atoms with van der Waals surface area (Å²) in [5.41, 5.74) is -0.396. The number of nitro groups is 1. The molecule has 3 aromatic rings. The number of rotatable bonds is 9. The van der Waals surface area contributed by atoms with Gasteiger partial charge in [-0.05, 0) is 49.4 Å². The third kappa shape index (κ3) is 6.88. The zero-order valence-corrected chi connectivity index (χ0v) is 21.6. The molecule has 0 saturated heterocycles. The molecule has 0 bridgehead atoms. The zero-order chi connectivity index (χ0) is 27.3. The van der Waals surface area contributed by atoms with Gasteiger partial charge in [0.05, 0.1) is 38.9 Å². The van der Waals surface area contributed by atoms with Gasteiger partial charge in [0.25, 0.3) is 21.6 Å². The number of halogens is 2. The molecule has 11 nitrogen and oxygen atoms in total.